The van der Waals surface area contributed by atoms with Crippen molar-refractivity contribution in [3.63, 3.8) is 0 Å². The molecule has 14 heavy (non-hydrogen) atoms. The van der Waals surface area contributed by atoms with Gasteiger partial charge in [-0.1, -0.05) is 11.6 Å². The Morgan fingerprint density at radius 1 is 1.36 bits per heavy atom. The van der Waals surface area contributed by atoms with Crippen LogP contribution in [0.2, 0.25) is 5.02 Å². The fraction of sp³-hybridized carbons (Fsp3) is 0.300. The van der Waals surface area contributed by atoms with E-state index in [1.807, 2.05) is 0 Å². The van der Waals surface area contributed by atoms with Crippen molar-refractivity contribution in [3.8, 4) is 5.75 Å². The molecule has 0 bridgehead atoms. The largest absolute Gasteiger partial charge is 0.479 e. The molecule has 0 aliphatic carbocycles. The van der Waals surface area contributed by atoms with Crippen LogP contribution in [-0.2, 0) is 9.53 Å². The van der Waals surface area contributed by atoms with Gasteiger partial charge >= 0.3 is 5.97 Å². The van der Waals surface area contributed by atoms with Gasteiger partial charge in [0, 0.05) is 5.02 Å². The van der Waals surface area contributed by atoms with E-state index < -0.39 is 12.1 Å². The van der Waals surface area contributed by atoms with Crippen molar-refractivity contribution >= 4 is 17.6 Å². The van der Waals surface area contributed by atoms with E-state index in [0.717, 1.165) is 0 Å². The molecule has 76 valence electrons. The van der Waals surface area contributed by atoms with Gasteiger partial charge in [0.25, 0.3) is 0 Å². The molecule has 3 nitrogen and oxygen atoms in total. The van der Waals surface area contributed by atoms with Crippen molar-refractivity contribution in [1.82, 2.24) is 0 Å². The molecule has 1 aromatic rings. The maximum atomic E-state index is 11.0. The number of carbonyl (C=O) groups is 1. The van der Waals surface area contributed by atoms with Crippen molar-refractivity contribution in [2.45, 2.75) is 13.0 Å². The monoisotopic (exact) mass is 214 g/mol. The fourth-order valence-corrected chi connectivity index (χ4v) is 1.06. The normalized spacial score (nSPS) is 11.9. The molecule has 0 radical (unpaired) electrons. The van der Waals surface area contributed by atoms with Gasteiger partial charge in [0.1, 0.15) is 5.75 Å². The lowest BCUT2D eigenvalue weighted by Crippen LogP contribution is -2.24. The summed E-state index contributed by atoms with van der Waals surface area (Å²) in [5.41, 5.74) is 0. The van der Waals surface area contributed by atoms with Gasteiger partial charge in [-0.3, -0.25) is 0 Å². The third-order valence-electron chi connectivity index (χ3n) is 1.66. The second-order valence-electron chi connectivity index (χ2n) is 2.74. The summed E-state index contributed by atoms with van der Waals surface area (Å²) < 4.78 is 9.81. The number of ether oxygens (including phenoxy) is 2. The molecular formula is C10H11ClO3. The SMILES string of the molecule is COC(=O)[C@H](C)Oc1ccc(Cl)cc1. The number of esters is 1. The number of rotatable bonds is 3. The lowest BCUT2D eigenvalue weighted by Gasteiger charge is -2.11. The first-order valence-electron chi connectivity index (χ1n) is 4.13. The maximum absolute atomic E-state index is 11.0. The molecule has 0 fully saturated rings. The van der Waals surface area contributed by atoms with Crippen molar-refractivity contribution in [3.05, 3.63) is 29.3 Å². The highest BCUT2D eigenvalue weighted by molar-refractivity contribution is 6.30. The second-order valence-corrected chi connectivity index (χ2v) is 3.17. The molecule has 0 aliphatic rings. The Morgan fingerprint density at radius 2 is 1.93 bits per heavy atom. The molecule has 0 saturated heterocycles. The van der Waals surface area contributed by atoms with Gasteiger partial charge in [0.15, 0.2) is 6.10 Å². The molecule has 0 saturated carbocycles. The van der Waals surface area contributed by atoms with Crippen molar-refractivity contribution in [2.24, 2.45) is 0 Å². The average Bonchev–Trinajstić information content (AvgIpc) is 2.20. The summed E-state index contributed by atoms with van der Waals surface area (Å²) in [6, 6.07) is 6.78. The van der Waals surface area contributed by atoms with Crippen LogP contribution in [0.15, 0.2) is 24.3 Å². The van der Waals surface area contributed by atoms with Gasteiger partial charge < -0.3 is 9.47 Å². The van der Waals surface area contributed by atoms with Crippen LogP contribution in [0.3, 0.4) is 0 Å². The van der Waals surface area contributed by atoms with Crippen molar-refractivity contribution in [2.75, 3.05) is 7.11 Å². The number of benzene rings is 1. The Hall–Kier alpha value is -1.22. The van der Waals surface area contributed by atoms with Crippen LogP contribution in [0, 0.1) is 0 Å². The molecule has 0 aliphatic heterocycles. The minimum atomic E-state index is -0.610. The van der Waals surface area contributed by atoms with Crippen LogP contribution in [0.5, 0.6) is 5.75 Å². The molecule has 0 amide bonds. The number of halogens is 1. The standard InChI is InChI=1S/C10H11ClO3/c1-7(10(12)13-2)14-9-5-3-8(11)4-6-9/h3-7H,1-2H3/t7-/m0/s1. The first kappa shape index (κ1) is 10.9. The Morgan fingerprint density at radius 3 is 2.43 bits per heavy atom. The maximum Gasteiger partial charge on any atom is 0.346 e. The lowest BCUT2D eigenvalue weighted by molar-refractivity contribution is -0.147. The molecule has 1 rings (SSSR count). The summed E-state index contributed by atoms with van der Waals surface area (Å²) in [6.07, 6.45) is -0.610. The lowest BCUT2D eigenvalue weighted by atomic mass is 10.3. The summed E-state index contributed by atoms with van der Waals surface area (Å²) >= 11 is 5.69. The smallest absolute Gasteiger partial charge is 0.346 e. The number of carbonyl (C=O) groups excluding carboxylic acids is 1. The van der Waals surface area contributed by atoms with E-state index in [-0.39, 0.29) is 0 Å². The van der Waals surface area contributed by atoms with Gasteiger partial charge in [0.2, 0.25) is 0 Å². The van der Waals surface area contributed by atoms with Crippen molar-refractivity contribution < 1.29 is 14.3 Å². The van der Waals surface area contributed by atoms with E-state index in [1.54, 1.807) is 31.2 Å². The highest BCUT2D eigenvalue weighted by Crippen LogP contribution is 2.16. The predicted molar refractivity (Wildman–Crippen MR) is 53.6 cm³/mol. The quantitative estimate of drug-likeness (QED) is 0.725. The molecule has 1 aromatic carbocycles. The zero-order valence-corrected chi connectivity index (χ0v) is 8.75. The van der Waals surface area contributed by atoms with E-state index in [2.05, 4.69) is 4.74 Å². The molecule has 0 N–H and O–H groups in total. The van der Waals surface area contributed by atoms with Crippen LogP contribution < -0.4 is 4.74 Å². The molecule has 0 aromatic heterocycles. The first-order valence-corrected chi connectivity index (χ1v) is 4.51. The summed E-state index contributed by atoms with van der Waals surface area (Å²) in [5.74, 6) is 0.187. The van der Waals surface area contributed by atoms with E-state index in [9.17, 15) is 4.79 Å². The molecule has 0 unspecified atom stereocenters. The number of methoxy groups -OCH3 is 1. The first-order chi connectivity index (χ1) is 6.63. The Bertz CT molecular complexity index is 308. The zero-order chi connectivity index (χ0) is 10.6. The zero-order valence-electron chi connectivity index (χ0n) is 7.99. The minimum absolute atomic E-state index is 0.403. The van der Waals surface area contributed by atoms with Crippen LogP contribution in [0.25, 0.3) is 0 Å². The summed E-state index contributed by atoms with van der Waals surface area (Å²) in [6.45, 7) is 1.63. The van der Waals surface area contributed by atoms with E-state index in [4.69, 9.17) is 16.3 Å². The summed E-state index contributed by atoms with van der Waals surface area (Å²) in [4.78, 5) is 11.0. The van der Waals surface area contributed by atoms with Gasteiger partial charge in [-0.2, -0.15) is 0 Å². The average molecular weight is 215 g/mol. The van der Waals surface area contributed by atoms with E-state index in [1.165, 1.54) is 7.11 Å². The van der Waals surface area contributed by atoms with Crippen LogP contribution >= 0.6 is 11.6 Å². The van der Waals surface area contributed by atoms with Gasteiger partial charge in [-0.15, -0.1) is 0 Å². The third kappa shape index (κ3) is 2.92. The Labute approximate surface area is 87.6 Å². The van der Waals surface area contributed by atoms with Gasteiger partial charge in [0.05, 0.1) is 7.11 Å². The third-order valence-corrected chi connectivity index (χ3v) is 1.91. The predicted octanol–water partition coefficient (Wildman–Crippen LogP) is 2.28. The topological polar surface area (TPSA) is 35.5 Å². The minimum Gasteiger partial charge on any atom is -0.479 e. The van der Waals surface area contributed by atoms with E-state index >= 15 is 0 Å². The number of hydrogen-bond donors (Lipinski definition) is 0. The molecule has 1 atom stereocenters. The van der Waals surface area contributed by atoms with Crippen LogP contribution in [0.4, 0.5) is 0 Å². The van der Waals surface area contributed by atoms with E-state index in [0.29, 0.717) is 10.8 Å². The fourth-order valence-electron chi connectivity index (χ4n) is 0.931. The highest BCUT2D eigenvalue weighted by atomic mass is 35.5. The van der Waals surface area contributed by atoms with Crippen molar-refractivity contribution in [1.29, 1.82) is 0 Å². The Balaban J connectivity index is 2.60. The summed E-state index contributed by atoms with van der Waals surface area (Å²) in [7, 11) is 1.32. The molecule has 4 heteroatoms. The molecule has 0 spiro atoms. The molecular weight excluding hydrogens is 204 g/mol. The number of hydrogen-bond acceptors (Lipinski definition) is 3. The Kier molecular flexibility index (Phi) is 3.77. The highest BCUT2D eigenvalue weighted by Gasteiger charge is 2.14. The van der Waals surface area contributed by atoms with Crippen LogP contribution in [-0.4, -0.2) is 19.2 Å². The molecule has 0 heterocycles. The summed E-state index contributed by atoms with van der Waals surface area (Å²) in [5, 5.41) is 0.628. The second kappa shape index (κ2) is 4.86. The van der Waals surface area contributed by atoms with Crippen LogP contribution in [0.1, 0.15) is 6.92 Å². The van der Waals surface area contributed by atoms with Gasteiger partial charge in [-0.05, 0) is 31.2 Å². The van der Waals surface area contributed by atoms with Gasteiger partial charge in [-0.25, -0.2) is 4.79 Å².